The predicted molar refractivity (Wildman–Crippen MR) is 95.2 cm³/mol. The molecule has 1 N–H and O–H groups in total. The van der Waals surface area contributed by atoms with Crippen molar-refractivity contribution in [1.82, 2.24) is 10.2 Å². The number of nitrogens with zero attached hydrogens (tertiary/aromatic N) is 1. The van der Waals surface area contributed by atoms with Gasteiger partial charge in [-0.05, 0) is 30.9 Å². The molecule has 0 bridgehead atoms. The van der Waals surface area contributed by atoms with Crippen molar-refractivity contribution in [2.24, 2.45) is 5.92 Å². The van der Waals surface area contributed by atoms with E-state index in [1.807, 2.05) is 13.8 Å². The molecule has 5 nitrogen and oxygen atoms in total. The first-order valence-electron chi connectivity index (χ1n) is 9.32. The highest BCUT2D eigenvalue weighted by molar-refractivity contribution is 6.22. The van der Waals surface area contributed by atoms with Gasteiger partial charge < -0.3 is 5.32 Å². The Balaban J connectivity index is 1.85. The summed E-state index contributed by atoms with van der Waals surface area (Å²) in [5.41, 5.74) is 0.789. The van der Waals surface area contributed by atoms with Gasteiger partial charge in [-0.1, -0.05) is 51.7 Å². The summed E-state index contributed by atoms with van der Waals surface area (Å²) >= 11 is 0. The highest BCUT2D eigenvalue weighted by Gasteiger charge is 2.44. The summed E-state index contributed by atoms with van der Waals surface area (Å²) in [6.07, 6.45) is 6.11. The van der Waals surface area contributed by atoms with Gasteiger partial charge in [0.25, 0.3) is 11.8 Å². The highest BCUT2D eigenvalue weighted by atomic mass is 16.2. The molecule has 3 rings (SSSR count). The lowest BCUT2D eigenvalue weighted by atomic mass is 9.93. The maximum atomic E-state index is 13.0. The summed E-state index contributed by atoms with van der Waals surface area (Å²) in [6.45, 7) is 3.90. The maximum Gasteiger partial charge on any atom is 0.262 e. The molecular formula is C20H26N2O3. The zero-order valence-corrected chi connectivity index (χ0v) is 15.0. The average molecular weight is 342 g/mol. The predicted octanol–water partition coefficient (Wildman–Crippen LogP) is 3.15. The SMILES string of the molecule is CCC(C)C(C(=O)NC1CCCCC1)N1C(=O)c2ccccc2C1=O. The summed E-state index contributed by atoms with van der Waals surface area (Å²) < 4.78 is 0. The van der Waals surface area contributed by atoms with Gasteiger partial charge in [0.15, 0.2) is 0 Å². The molecule has 1 fully saturated rings. The topological polar surface area (TPSA) is 66.5 Å². The Morgan fingerprint density at radius 1 is 1.12 bits per heavy atom. The smallest absolute Gasteiger partial charge is 0.262 e. The minimum absolute atomic E-state index is 0.0918. The molecule has 134 valence electrons. The Morgan fingerprint density at radius 2 is 1.68 bits per heavy atom. The summed E-state index contributed by atoms with van der Waals surface area (Å²) in [5, 5.41) is 3.09. The van der Waals surface area contributed by atoms with Crippen LogP contribution in [0.5, 0.6) is 0 Å². The van der Waals surface area contributed by atoms with Crippen LogP contribution in [0, 0.1) is 5.92 Å². The van der Waals surface area contributed by atoms with Gasteiger partial charge in [-0.15, -0.1) is 0 Å². The van der Waals surface area contributed by atoms with Crippen molar-refractivity contribution in [3.05, 3.63) is 35.4 Å². The standard InChI is InChI=1S/C20H26N2O3/c1-3-13(2)17(18(23)21-14-9-5-4-6-10-14)22-19(24)15-11-7-8-12-16(15)20(22)25/h7-8,11-14,17H,3-6,9-10H2,1-2H3,(H,21,23). The van der Waals surface area contributed by atoms with E-state index in [0.29, 0.717) is 11.1 Å². The Labute approximate surface area is 148 Å². The molecule has 1 aliphatic heterocycles. The van der Waals surface area contributed by atoms with Crippen LogP contribution in [0.3, 0.4) is 0 Å². The van der Waals surface area contributed by atoms with Gasteiger partial charge in [0, 0.05) is 6.04 Å². The number of hydrogen-bond acceptors (Lipinski definition) is 3. The lowest BCUT2D eigenvalue weighted by Crippen LogP contribution is -2.54. The Morgan fingerprint density at radius 3 is 2.20 bits per heavy atom. The average Bonchev–Trinajstić information content (AvgIpc) is 2.88. The first-order chi connectivity index (χ1) is 12.0. The number of amides is 3. The van der Waals surface area contributed by atoms with Gasteiger partial charge in [-0.3, -0.25) is 19.3 Å². The van der Waals surface area contributed by atoms with Crippen LogP contribution in [-0.4, -0.2) is 34.7 Å². The molecule has 2 aliphatic rings. The van der Waals surface area contributed by atoms with Crippen LogP contribution in [0.2, 0.25) is 0 Å². The summed E-state index contributed by atoms with van der Waals surface area (Å²) in [6, 6.07) is 6.20. The molecule has 0 saturated heterocycles. The third kappa shape index (κ3) is 3.32. The van der Waals surface area contributed by atoms with Crippen molar-refractivity contribution < 1.29 is 14.4 Å². The third-order valence-electron chi connectivity index (χ3n) is 5.51. The number of rotatable bonds is 5. The van der Waals surface area contributed by atoms with Gasteiger partial charge in [0.2, 0.25) is 5.91 Å². The summed E-state index contributed by atoms with van der Waals surface area (Å²) in [7, 11) is 0. The zero-order chi connectivity index (χ0) is 18.0. The normalized spacial score (nSPS) is 20.3. The number of fused-ring (bicyclic) bond motifs is 1. The van der Waals surface area contributed by atoms with Crippen molar-refractivity contribution in [3.63, 3.8) is 0 Å². The molecule has 0 radical (unpaired) electrons. The van der Waals surface area contributed by atoms with E-state index in [9.17, 15) is 14.4 Å². The second kappa shape index (κ2) is 7.38. The monoisotopic (exact) mass is 342 g/mol. The van der Waals surface area contributed by atoms with Crippen molar-refractivity contribution in [3.8, 4) is 0 Å². The first-order valence-corrected chi connectivity index (χ1v) is 9.32. The van der Waals surface area contributed by atoms with Crippen LogP contribution in [0.4, 0.5) is 0 Å². The Kier molecular flexibility index (Phi) is 5.21. The molecule has 1 aromatic carbocycles. The minimum Gasteiger partial charge on any atom is -0.352 e. The fourth-order valence-corrected chi connectivity index (χ4v) is 3.85. The van der Waals surface area contributed by atoms with Crippen molar-refractivity contribution in [1.29, 1.82) is 0 Å². The van der Waals surface area contributed by atoms with Crippen LogP contribution in [0.25, 0.3) is 0 Å². The number of hydrogen-bond donors (Lipinski definition) is 1. The lowest BCUT2D eigenvalue weighted by Gasteiger charge is -2.32. The largest absolute Gasteiger partial charge is 0.352 e. The third-order valence-corrected chi connectivity index (χ3v) is 5.51. The second-order valence-electron chi connectivity index (χ2n) is 7.20. The molecule has 0 spiro atoms. The Bertz CT molecular complexity index is 644. The molecule has 25 heavy (non-hydrogen) atoms. The van der Waals surface area contributed by atoms with E-state index >= 15 is 0 Å². The van der Waals surface area contributed by atoms with Gasteiger partial charge in [0.1, 0.15) is 6.04 Å². The van der Waals surface area contributed by atoms with Gasteiger partial charge >= 0.3 is 0 Å². The molecule has 1 heterocycles. The number of imide groups is 1. The van der Waals surface area contributed by atoms with Crippen LogP contribution in [0.1, 0.15) is 73.1 Å². The number of benzene rings is 1. The van der Waals surface area contributed by atoms with Gasteiger partial charge in [-0.2, -0.15) is 0 Å². The molecule has 3 amide bonds. The molecule has 1 saturated carbocycles. The van der Waals surface area contributed by atoms with E-state index in [4.69, 9.17) is 0 Å². The molecule has 2 unspecified atom stereocenters. The van der Waals surface area contributed by atoms with Crippen LogP contribution < -0.4 is 5.32 Å². The number of carbonyl (C=O) groups is 3. The van der Waals surface area contributed by atoms with Crippen LogP contribution >= 0.6 is 0 Å². The van der Waals surface area contributed by atoms with Crippen molar-refractivity contribution in [2.75, 3.05) is 0 Å². The van der Waals surface area contributed by atoms with Crippen molar-refractivity contribution >= 4 is 17.7 Å². The van der Waals surface area contributed by atoms with E-state index in [1.54, 1.807) is 24.3 Å². The lowest BCUT2D eigenvalue weighted by molar-refractivity contribution is -0.127. The maximum absolute atomic E-state index is 13.0. The number of carbonyl (C=O) groups excluding carboxylic acids is 3. The summed E-state index contributed by atoms with van der Waals surface area (Å²) in [5.74, 6) is -1.00. The van der Waals surface area contributed by atoms with Crippen LogP contribution in [0.15, 0.2) is 24.3 Å². The van der Waals surface area contributed by atoms with E-state index in [0.717, 1.165) is 32.1 Å². The van der Waals surface area contributed by atoms with Gasteiger partial charge in [-0.25, -0.2) is 0 Å². The second-order valence-corrected chi connectivity index (χ2v) is 7.20. The quantitative estimate of drug-likeness (QED) is 0.836. The summed E-state index contributed by atoms with van der Waals surface area (Å²) in [4.78, 5) is 39.7. The molecule has 1 aliphatic carbocycles. The molecule has 2 atom stereocenters. The Hall–Kier alpha value is -2.17. The fraction of sp³-hybridized carbons (Fsp3) is 0.550. The van der Waals surface area contributed by atoms with Gasteiger partial charge in [0.05, 0.1) is 11.1 Å². The van der Waals surface area contributed by atoms with E-state index in [-0.39, 0.29) is 29.7 Å². The minimum atomic E-state index is -0.751. The van der Waals surface area contributed by atoms with E-state index in [1.165, 1.54) is 11.3 Å². The van der Waals surface area contributed by atoms with Crippen molar-refractivity contribution in [2.45, 2.75) is 64.5 Å². The first kappa shape index (κ1) is 17.6. The van der Waals surface area contributed by atoms with Crippen LogP contribution in [-0.2, 0) is 4.79 Å². The zero-order valence-electron chi connectivity index (χ0n) is 15.0. The fourth-order valence-electron chi connectivity index (χ4n) is 3.85. The molecular weight excluding hydrogens is 316 g/mol. The molecule has 1 aromatic rings. The van der Waals surface area contributed by atoms with E-state index < -0.39 is 6.04 Å². The molecule has 0 aromatic heterocycles. The number of nitrogens with one attached hydrogen (secondary N) is 1. The van der Waals surface area contributed by atoms with E-state index in [2.05, 4.69) is 5.32 Å². The molecule has 5 heteroatoms. The highest BCUT2D eigenvalue weighted by Crippen LogP contribution is 2.28.